The molecule has 0 radical (unpaired) electrons. The zero-order chi connectivity index (χ0) is 14.2. The van der Waals surface area contributed by atoms with Crippen LogP contribution in [0.1, 0.15) is 22.8 Å². The van der Waals surface area contributed by atoms with E-state index in [0.717, 1.165) is 6.07 Å². The first-order chi connectivity index (χ1) is 8.91. The summed E-state index contributed by atoms with van der Waals surface area (Å²) in [5.41, 5.74) is -0.185. The van der Waals surface area contributed by atoms with Crippen molar-refractivity contribution < 1.29 is 18.3 Å². The molecule has 1 unspecified atom stereocenters. The van der Waals surface area contributed by atoms with Gasteiger partial charge in [0, 0.05) is 17.2 Å². The van der Waals surface area contributed by atoms with Crippen molar-refractivity contribution in [2.75, 3.05) is 0 Å². The second-order valence-corrected chi connectivity index (χ2v) is 4.58. The highest BCUT2D eigenvalue weighted by Gasteiger charge is 2.21. The SMILES string of the molecule is Cc1cc(C(O)c2cccc(Cl)c2F)c(F)cc1F. The third-order valence-corrected chi connectivity index (χ3v) is 3.14. The lowest BCUT2D eigenvalue weighted by Gasteiger charge is -2.15. The van der Waals surface area contributed by atoms with Gasteiger partial charge in [-0.15, -0.1) is 0 Å². The molecule has 1 N–H and O–H groups in total. The zero-order valence-electron chi connectivity index (χ0n) is 9.92. The van der Waals surface area contributed by atoms with Crippen molar-refractivity contribution in [1.29, 1.82) is 0 Å². The molecule has 0 bridgehead atoms. The molecule has 0 heterocycles. The Morgan fingerprint density at radius 1 is 1.05 bits per heavy atom. The number of benzene rings is 2. The minimum atomic E-state index is -1.54. The molecule has 2 rings (SSSR count). The van der Waals surface area contributed by atoms with Crippen LogP contribution in [0.15, 0.2) is 30.3 Å². The smallest absolute Gasteiger partial charge is 0.147 e. The maximum atomic E-state index is 13.8. The molecule has 0 fully saturated rings. The summed E-state index contributed by atoms with van der Waals surface area (Å²) in [6.45, 7) is 1.43. The van der Waals surface area contributed by atoms with Crippen LogP contribution in [0, 0.1) is 24.4 Å². The lowest BCUT2D eigenvalue weighted by atomic mass is 9.99. The Morgan fingerprint density at radius 2 is 1.74 bits per heavy atom. The van der Waals surface area contributed by atoms with Crippen LogP contribution in [0.5, 0.6) is 0 Å². The van der Waals surface area contributed by atoms with Crippen LogP contribution in [0.2, 0.25) is 5.02 Å². The van der Waals surface area contributed by atoms with Crippen LogP contribution in [-0.2, 0) is 0 Å². The highest BCUT2D eigenvalue weighted by atomic mass is 35.5. The summed E-state index contributed by atoms with van der Waals surface area (Å²) in [4.78, 5) is 0. The van der Waals surface area contributed by atoms with Gasteiger partial charge in [-0.3, -0.25) is 0 Å². The van der Waals surface area contributed by atoms with E-state index in [2.05, 4.69) is 0 Å². The fourth-order valence-electron chi connectivity index (χ4n) is 1.79. The molecule has 0 saturated heterocycles. The molecule has 0 amide bonds. The van der Waals surface area contributed by atoms with Gasteiger partial charge in [0.05, 0.1) is 5.02 Å². The molecule has 2 aromatic carbocycles. The number of aliphatic hydroxyl groups excluding tert-OH is 1. The van der Waals surface area contributed by atoms with E-state index >= 15 is 0 Å². The minimum absolute atomic E-state index is 0.155. The van der Waals surface area contributed by atoms with E-state index in [1.54, 1.807) is 0 Å². The Balaban J connectivity index is 2.53. The summed E-state index contributed by atoms with van der Waals surface area (Å²) in [5, 5.41) is 9.86. The summed E-state index contributed by atoms with van der Waals surface area (Å²) in [6.07, 6.45) is -1.54. The normalized spacial score (nSPS) is 12.5. The monoisotopic (exact) mass is 286 g/mol. The van der Waals surface area contributed by atoms with E-state index in [1.807, 2.05) is 0 Å². The van der Waals surface area contributed by atoms with Crippen molar-refractivity contribution in [3.05, 3.63) is 69.5 Å². The number of aryl methyl sites for hydroxylation is 1. The molecule has 0 saturated carbocycles. The minimum Gasteiger partial charge on any atom is -0.383 e. The van der Waals surface area contributed by atoms with Gasteiger partial charge in [-0.2, -0.15) is 0 Å². The quantitative estimate of drug-likeness (QED) is 0.879. The van der Waals surface area contributed by atoms with Gasteiger partial charge in [0.25, 0.3) is 0 Å². The summed E-state index contributed by atoms with van der Waals surface area (Å²) in [7, 11) is 0. The first-order valence-electron chi connectivity index (χ1n) is 5.49. The van der Waals surface area contributed by atoms with Crippen molar-refractivity contribution in [2.45, 2.75) is 13.0 Å². The van der Waals surface area contributed by atoms with Crippen LogP contribution in [-0.4, -0.2) is 5.11 Å². The van der Waals surface area contributed by atoms with E-state index < -0.39 is 23.6 Å². The molecule has 0 aliphatic carbocycles. The Morgan fingerprint density at radius 3 is 2.42 bits per heavy atom. The lowest BCUT2D eigenvalue weighted by molar-refractivity contribution is 0.209. The molecule has 1 nitrogen and oxygen atoms in total. The van der Waals surface area contributed by atoms with Gasteiger partial charge < -0.3 is 5.11 Å². The number of aliphatic hydroxyl groups is 1. The third-order valence-electron chi connectivity index (χ3n) is 2.85. The fraction of sp³-hybridized carbons (Fsp3) is 0.143. The number of hydrogen-bond donors (Lipinski definition) is 1. The molecule has 0 spiro atoms. The van der Waals surface area contributed by atoms with Crippen molar-refractivity contribution in [1.82, 2.24) is 0 Å². The topological polar surface area (TPSA) is 20.2 Å². The van der Waals surface area contributed by atoms with Gasteiger partial charge in [-0.05, 0) is 24.6 Å². The van der Waals surface area contributed by atoms with Crippen LogP contribution in [0.4, 0.5) is 13.2 Å². The van der Waals surface area contributed by atoms with E-state index in [9.17, 15) is 18.3 Å². The van der Waals surface area contributed by atoms with Crippen LogP contribution in [0.3, 0.4) is 0 Å². The first kappa shape index (κ1) is 13.9. The predicted octanol–water partition coefficient (Wildman–Crippen LogP) is 4.15. The maximum Gasteiger partial charge on any atom is 0.147 e. The second-order valence-electron chi connectivity index (χ2n) is 4.17. The van der Waals surface area contributed by atoms with Crippen molar-refractivity contribution >= 4 is 11.6 Å². The van der Waals surface area contributed by atoms with Crippen molar-refractivity contribution in [2.24, 2.45) is 0 Å². The first-order valence-corrected chi connectivity index (χ1v) is 5.87. The Kier molecular flexibility index (Phi) is 3.83. The van der Waals surface area contributed by atoms with Gasteiger partial charge >= 0.3 is 0 Å². The van der Waals surface area contributed by atoms with Gasteiger partial charge in [0.2, 0.25) is 0 Å². The van der Waals surface area contributed by atoms with E-state index in [4.69, 9.17) is 11.6 Å². The van der Waals surface area contributed by atoms with Crippen molar-refractivity contribution in [3.63, 3.8) is 0 Å². The Labute approximate surface area is 113 Å². The molecule has 19 heavy (non-hydrogen) atoms. The average Bonchev–Trinajstić information content (AvgIpc) is 2.36. The molecular weight excluding hydrogens is 277 g/mol. The molecule has 0 aliphatic rings. The van der Waals surface area contributed by atoms with E-state index in [-0.39, 0.29) is 21.7 Å². The Hall–Kier alpha value is -1.52. The molecule has 5 heteroatoms. The van der Waals surface area contributed by atoms with Crippen LogP contribution < -0.4 is 0 Å². The van der Waals surface area contributed by atoms with Crippen LogP contribution in [0.25, 0.3) is 0 Å². The predicted molar refractivity (Wildman–Crippen MR) is 66.6 cm³/mol. The molecule has 0 aromatic heterocycles. The van der Waals surface area contributed by atoms with E-state index in [0.29, 0.717) is 6.07 Å². The fourth-order valence-corrected chi connectivity index (χ4v) is 1.97. The van der Waals surface area contributed by atoms with Crippen molar-refractivity contribution in [3.8, 4) is 0 Å². The van der Waals surface area contributed by atoms with E-state index in [1.165, 1.54) is 25.1 Å². The lowest BCUT2D eigenvalue weighted by Crippen LogP contribution is -2.06. The highest BCUT2D eigenvalue weighted by Crippen LogP contribution is 2.30. The number of halogens is 4. The zero-order valence-corrected chi connectivity index (χ0v) is 10.7. The summed E-state index contributed by atoms with van der Waals surface area (Å²) < 4.78 is 40.6. The molecule has 1 atom stereocenters. The van der Waals surface area contributed by atoms with Gasteiger partial charge in [-0.25, -0.2) is 13.2 Å². The van der Waals surface area contributed by atoms with Crippen LogP contribution >= 0.6 is 11.6 Å². The molecule has 2 aromatic rings. The van der Waals surface area contributed by atoms with Gasteiger partial charge in [0.15, 0.2) is 0 Å². The molecule has 100 valence electrons. The summed E-state index contributed by atoms with van der Waals surface area (Å²) >= 11 is 5.60. The average molecular weight is 287 g/mol. The van der Waals surface area contributed by atoms with Gasteiger partial charge in [0.1, 0.15) is 23.6 Å². The highest BCUT2D eigenvalue weighted by molar-refractivity contribution is 6.30. The summed E-state index contributed by atoms with van der Waals surface area (Å²) in [6, 6.07) is 5.87. The second kappa shape index (κ2) is 5.23. The summed E-state index contributed by atoms with van der Waals surface area (Å²) in [5.74, 6) is -2.48. The number of rotatable bonds is 2. The standard InChI is InChI=1S/C14H10ClF3O/c1-7-5-9(12(17)6-11(7)16)14(19)8-3-2-4-10(15)13(8)18/h2-6,14,19H,1H3. The number of hydrogen-bond acceptors (Lipinski definition) is 1. The maximum absolute atomic E-state index is 13.8. The molecular formula is C14H10ClF3O. The molecule has 0 aliphatic heterocycles. The Bertz CT molecular complexity index is 628. The third kappa shape index (κ3) is 2.60. The largest absolute Gasteiger partial charge is 0.383 e. The van der Waals surface area contributed by atoms with Gasteiger partial charge in [-0.1, -0.05) is 23.7 Å².